The molecule has 1 amide bonds. The maximum Gasteiger partial charge on any atom is 0.225 e. The van der Waals surface area contributed by atoms with Crippen molar-refractivity contribution in [2.24, 2.45) is 5.92 Å². The summed E-state index contributed by atoms with van der Waals surface area (Å²) in [6.07, 6.45) is 11.6. The quantitative estimate of drug-likeness (QED) is 0.842. The maximum absolute atomic E-state index is 12.5. The largest absolute Gasteiger partial charge is 0.372 e. The number of pyridine rings is 2. The first kappa shape index (κ1) is 16.2. The monoisotopic (exact) mass is 337 g/mol. The van der Waals surface area contributed by atoms with E-state index in [1.54, 1.807) is 6.20 Å². The third kappa shape index (κ3) is 3.56. The number of hydrogen-bond acceptors (Lipinski definition) is 4. The molecule has 0 radical (unpaired) electrons. The molecule has 3 heterocycles. The van der Waals surface area contributed by atoms with Gasteiger partial charge in [-0.05, 0) is 47.6 Å². The molecule has 0 unspecified atom stereocenters. The lowest BCUT2D eigenvalue weighted by Gasteiger charge is -2.35. The lowest BCUT2D eigenvalue weighted by molar-refractivity contribution is -0.139. The molecule has 2 aliphatic rings. The van der Waals surface area contributed by atoms with Crippen LogP contribution in [0.4, 0.5) is 0 Å². The summed E-state index contributed by atoms with van der Waals surface area (Å²) >= 11 is 0. The first-order valence-electron chi connectivity index (χ1n) is 9.01. The van der Waals surface area contributed by atoms with Crippen molar-refractivity contribution in [2.45, 2.75) is 45.4 Å². The van der Waals surface area contributed by atoms with E-state index in [1.807, 2.05) is 35.6 Å². The van der Waals surface area contributed by atoms with Gasteiger partial charge in [0.15, 0.2) is 0 Å². The number of ether oxygens (including phenoxy) is 1. The van der Waals surface area contributed by atoms with Gasteiger partial charge in [0.25, 0.3) is 0 Å². The van der Waals surface area contributed by atoms with E-state index in [-0.39, 0.29) is 5.92 Å². The molecule has 5 heteroatoms. The SMILES string of the molecule is O=C(C1CCC1)N1CCc2c(COCc3cccnc3)cncc2C1. The summed E-state index contributed by atoms with van der Waals surface area (Å²) in [7, 11) is 0. The number of hydrogen-bond donors (Lipinski definition) is 0. The number of aromatic nitrogens is 2. The first-order chi connectivity index (χ1) is 12.3. The number of carbonyl (C=O) groups is 1. The van der Waals surface area contributed by atoms with E-state index < -0.39 is 0 Å². The van der Waals surface area contributed by atoms with Crippen LogP contribution in [0.25, 0.3) is 0 Å². The molecule has 0 atom stereocenters. The molecule has 4 rings (SSSR count). The van der Waals surface area contributed by atoms with E-state index in [4.69, 9.17) is 4.74 Å². The van der Waals surface area contributed by atoms with Crippen molar-refractivity contribution in [3.63, 3.8) is 0 Å². The van der Waals surface area contributed by atoms with Gasteiger partial charge >= 0.3 is 0 Å². The van der Waals surface area contributed by atoms with Crippen molar-refractivity contribution in [2.75, 3.05) is 6.54 Å². The van der Waals surface area contributed by atoms with Crippen LogP contribution >= 0.6 is 0 Å². The van der Waals surface area contributed by atoms with Crippen LogP contribution in [-0.2, 0) is 35.7 Å². The van der Waals surface area contributed by atoms with Gasteiger partial charge in [-0.2, -0.15) is 0 Å². The summed E-state index contributed by atoms with van der Waals surface area (Å²) in [5.74, 6) is 0.593. The molecular weight excluding hydrogens is 314 g/mol. The molecule has 130 valence electrons. The smallest absolute Gasteiger partial charge is 0.225 e. The predicted octanol–water partition coefficient (Wildman–Crippen LogP) is 2.88. The van der Waals surface area contributed by atoms with Crippen molar-refractivity contribution < 1.29 is 9.53 Å². The highest BCUT2D eigenvalue weighted by atomic mass is 16.5. The second-order valence-corrected chi connectivity index (χ2v) is 6.93. The minimum absolute atomic E-state index is 0.264. The third-order valence-electron chi connectivity index (χ3n) is 5.24. The van der Waals surface area contributed by atoms with E-state index in [0.29, 0.717) is 25.7 Å². The number of nitrogens with zero attached hydrogens (tertiary/aromatic N) is 3. The first-order valence-corrected chi connectivity index (χ1v) is 9.01. The van der Waals surface area contributed by atoms with Crippen LogP contribution in [0.3, 0.4) is 0 Å². The van der Waals surface area contributed by atoms with Gasteiger partial charge in [-0.3, -0.25) is 14.8 Å². The van der Waals surface area contributed by atoms with Crippen molar-refractivity contribution in [3.8, 4) is 0 Å². The van der Waals surface area contributed by atoms with Crippen LogP contribution in [-0.4, -0.2) is 27.3 Å². The van der Waals surface area contributed by atoms with Crippen LogP contribution in [0.5, 0.6) is 0 Å². The molecule has 0 bridgehead atoms. The lowest BCUT2D eigenvalue weighted by atomic mass is 9.83. The van der Waals surface area contributed by atoms with E-state index in [9.17, 15) is 4.79 Å². The molecule has 2 aromatic rings. The zero-order valence-electron chi connectivity index (χ0n) is 14.4. The summed E-state index contributed by atoms with van der Waals surface area (Å²) in [5, 5.41) is 0. The normalized spacial score (nSPS) is 17.0. The Morgan fingerprint density at radius 2 is 2.12 bits per heavy atom. The van der Waals surface area contributed by atoms with Crippen molar-refractivity contribution in [1.29, 1.82) is 0 Å². The average molecular weight is 337 g/mol. The van der Waals surface area contributed by atoms with Gasteiger partial charge in [-0.1, -0.05) is 12.5 Å². The molecule has 2 aromatic heterocycles. The minimum atomic E-state index is 0.264. The van der Waals surface area contributed by atoms with Gasteiger partial charge in [0, 0.05) is 43.8 Å². The Labute approximate surface area is 148 Å². The topological polar surface area (TPSA) is 55.3 Å². The van der Waals surface area contributed by atoms with Crippen LogP contribution in [0.1, 0.15) is 41.5 Å². The second kappa shape index (κ2) is 7.31. The number of amides is 1. The van der Waals surface area contributed by atoms with Gasteiger partial charge in [-0.25, -0.2) is 0 Å². The highest BCUT2D eigenvalue weighted by Crippen LogP contribution is 2.31. The number of rotatable bonds is 5. The molecule has 1 aliphatic heterocycles. The van der Waals surface area contributed by atoms with E-state index in [0.717, 1.165) is 36.9 Å². The summed E-state index contributed by atoms with van der Waals surface area (Å²) in [6.45, 7) is 2.58. The molecular formula is C20H23N3O2. The zero-order valence-corrected chi connectivity index (χ0v) is 14.4. The molecule has 0 aromatic carbocycles. The van der Waals surface area contributed by atoms with Crippen molar-refractivity contribution in [1.82, 2.24) is 14.9 Å². The molecule has 1 saturated carbocycles. The van der Waals surface area contributed by atoms with E-state index in [2.05, 4.69) is 9.97 Å². The third-order valence-corrected chi connectivity index (χ3v) is 5.24. The molecule has 5 nitrogen and oxygen atoms in total. The Morgan fingerprint density at radius 1 is 1.20 bits per heavy atom. The summed E-state index contributed by atoms with van der Waals surface area (Å²) in [5.41, 5.74) is 4.68. The Kier molecular flexibility index (Phi) is 4.74. The number of carbonyl (C=O) groups excluding carboxylic acids is 1. The minimum Gasteiger partial charge on any atom is -0.372 e. The summed E-state index contributed by atoms with van der Waals surface area (Å²) in [6, 6.07) is 3.92. The van der Waals surface area contributed by atoms with E-state index >= 15 is 0 Å². The van der Waals surface area contributed by atoms with Crippen LogP contribution in [0, 0.1) is 5.92 Å². The fourth-order valence-electron chi connectivity index (χ4n) is 3.56. The maximum atomic E-state index is 12.5. The number of fused-ring (bicyclic) bond motifs is 1. The van der Waals surface area contributed by atoms with E-state index in [1.165, 1.54) is 17.5 Å². The van der Waals surface area contributed by atoms with Crippen molar-refractivity contribution in [3.05, 3.63) is 59.2 Å². The van der Waals surface area contributed by atoms with Gasteiger partial charge in [0.05, 0.1) is 13.2 Å². The lowest BCUT2D eigenvalue weighted by Crippen LogP contribution is -2.42. The van der Waals surface area contributed by atoms with Crippen molar-refractivity contribution >= 4 is 5.91 Å². The van der Waals surface area contributed by atoms with Gasteiger partial charge in [0.1, 0.15) is 0 Å². The molecule has 25 heavy (non-hydrogen) atoms. The fraction of sp³-hybridized carbons (Fsp3) is 0.450. The average Bonchev–Trinajstić information content (AvgIpc) is 2.61. The van der Waals surface area contributed by atoms with Gasteiger partial charge in [-0.15, -0.1) is 0 Å². The fourth-order valence-corrected chi connectivity index (χ4v) is 3.56. The predicted molar refractivity (Wildman–Crippen MR) is 93.4 cm³/mol. The Hall–Kier alpha value is -2.27. The second-order valence-electron chi connectivity index (χ2n) is 6.93. The molecule has 1 aliphatic carbocycles. The summed E-state index contributed by atoms with van der Waals surface area (Å²) in [4.78, 5) is 23.0. The Balaban J connectivity index is 1.39. The Morgan fingerprint density at radius 3 is 2.88 bits per heavy atom. The van der Waals surface area contributed by atoms with Gasteiger partial charge < -0.3 is 9.64 Å². The highest BCUT2D eigenvalue weighted by Gasteiger charge is 2.31. The standard InChI is InChI=1S/C20H23N3O2/c24-20(16-4-1-5-16)23-8-6-19-17(12-23)10-22-11-18(19)14-25-13-15-3-2-7-21-9-15/h2-3,7,9-11,16H,1,4-6,8,12-14H2. The Bertz CT molecular complexity index is 744. The zero-order chi connectivity index (χ0) is 17.1. The molecule has 0 saturated heterocycles. The molecule has 0 N–H and O–H groups in total. The highest BCUT2D eigenvalue weighted by molar-refractivity contribution is 5.79. The van der Waals surface area contributed by atoms with Crippen LogP contribution in [0.2, 0.25) is 0 Å². The summed E-state index contributed by atoms with van der Waals surface area (Å²) < 4.78 is 5.85. The van der Waals surface area contributed by atoms with Crippen LogP contribution < -0.4 is 0 Å². The van der Waals surface area contributed by atoms with Crippen LogP contribution in [0.15, 0.2) is 36.9 Å². The molecule has 0 spiro atoms. The molecule has 1 fully saturated rings. The van der Waals surface area contributed by atoms with Gasteiger partial charge in [0.2, 0.25) is 5.91 Å².